The van der Waals surface area contributed by atoms with Crippen LogP contribution in [0.5, 0.6) is 0 Å². The zero-order valence-electron chi connectivity index (χ0n) is 14.0. The number of ether oxygens (including phenoxy) is 1. The van der Waals surface area contributed by atoms with Crippen molar-refractivity contribution >= 4 is 27.6 Å². The number of nitrogens with one attached hydrogen (secondary N) is 2. The predicted octanol–water partition coefficient (Wildman–Crippen LogP) is 1.45. The molecule has 0 aliphatic carbocycles. The van der Waals surface area contributed by atoms with Gasteiger partial charge in [-0.1, -0.05) is 6.07 Å². The van der Waals surface area contributed by atoms with E-state index < -0.39 is 28.0 Å². The maximum Gasteiger partial charge on any atom is 0.355 e. The van der Waals surface area contributed by atoms with E-state index in [0.717, 1.165) is 4.31 Å². The highest BCUT2D eigenvalue weighted by Crippen LogP contribution is 2.18. The maximum atomic E-state index is 12.2. The van der Waals surface area contributed by atoms with Crippen molar-refractivity contribution in [3.8, 4) is 0 Å². The summed E-state index contributed by atoms with van der Waals surface area (Å²) in [5.74, 6) is -1.23. The van der Waals surface area contributed by atoms with E-state index in [2.05, 4.69) is 10.3 Å². The third-order valence-electron chi connectivity index (χ3n) is 3.35. The molecule has 0 spiro atoms. The van der Waals surface area contributed by atoms with Crippen LogP contribution in [-0.4, -0.2) is 49.8 Å². The normalized spacial score (nSPS) is 12.6. The van der Waals surface area contributed by atoms with Crippen LogP contribution in [0.3, 0.4) is 0 Å². The van der Waals surface area contributed by atoms with Crippen LogP contribution >= 0.6 is 0 Å². The third-order valence-corrected chi connectivity index (χ3v) is 5.16. The first-order valence-electron chi connectivity index (χ1n) is 7.39. The number of anilines is 1. The minimum atomic E-state index is -3.61. The molecule has 2 aromatic rings. The van der Waals surface area contributed by atoms with Gasteiger partial charge in [0.15, 0.2) is 6.10 Å². The Morgan fingerprint density at radius 1 is 1.20 bits per heavy atom. The fourth-order valence-electron chi connectivity index (χ4n) is 1.92. The van der Waals surface area contributed by atoms with E-state index in [1.54, 1.807) is 18.3 Å². The van der Waals surface area contributed by atoms with Crippen molar-refractivity contribution in [2.75, 3.05) is 19.4 Å². The summed E-state index contributed by atoms with van der Waals surface area (Å²) in [5.41, 5.74) is 0.523. The molecule has 0 saturated carbocycles. The molecule has 1 aromatic heterocycles. The third kappa shape index (κ3) is 4.46. The lowest BCUT2D eigenvalue weighted by atomic mass is 10.3. The molecule has 2 rings (SSSR count). The molecular weight excluding hydrogens is 346 g/mol. The van der Waals surface area contributed by atoms with Crippen LogP contribution in [0.2, 0.25) is 0 Å². The zero-order valence-corrected chi connectivity index (χ0v) is 14.8. The molecule has 25 heavy (non-hydrogen) atoms. The number of sulfonamides is 1. The highest BCUT2D eigenvalue weighted by atomic mass is 32.2. The molecule has 0 aliphatic rings. The highest BCUT2D eigenvalue weighted by molar-refractivity contribution is 7.89. The Morgan fingerprint density at radius 2 is 1.92 bits per heavy atom. The largest absolute Gasteiger partial charge is 0.448 e. The van der Waals surface area contributed by atoms with Crippen LogP contribution in [0.15, 0.2) is 47.5 Å². The molecule has 2 N–H and O–H groups in total. The van der Waals surface area contributed by atoms with E-state index >= 15 is 0 Å². The molecule has 0 aliphatic heterocycles. The Bertz CT molecular complexity index is 860. The molecule has 0 saturated heterocycles. The highest BCUT2D eigenvalue weighted by Gasteiger charge is 2.21. The van der Waals surface area contributed by atoms with E-state index in [9.17, 15) is 18.0 Å². The lowest BCUT2D eigenvalue weighted by Gasteiger charge is -2.15. The van der Waals surface area contributed by atoms with Crippen molar-refractivity contribution in [3.63, 3.8) is 0 Å². The predicted molar refractivity (Wildman–Crippen MR) is 91.6 cm³/mol. The molecule has 0 radical (unpaired) electrons. The SMILES string of the molecule is C[C@@H](OC(=O)c1ccc[nH]1)C(=O)Nc1cccc(S(=O)(=O)N(C)C)c1. The Balaban J connectivity index is 2.06. The monoisotopic (exact) mass is 365 g/mol. The standard InChI is InChI=1S/C16H19N3O5S/c1-11(24-16(21)14-8-5-9-17-14)15(20)18-12-6-4-7-13(10-12)25(22,23)19(2)3/h4-11,17H,1-3H3,(H,18,20)/t11-/m1/s1. The summed E-state index contributed by atoms with van der Waals surface area (Å²) in [6.07, 6.45) is 0.516. The van der Waals surface area contributed by atoms with E-state index in [-0.39, 0.29) is 16.3 Å². The van der Waals surface area contributed by atoms with E-state index in [0.29, 0.717) is 0 Å². The summed E-state index contributed by atoms with van der Waals surface area (Å²) < 4.78 is 30.4. The fourth-order valence-corrected chi connectivity index (χ4v) is 2.87. The van der Waals surface area contributed by atoms with Gasteiger partial charge in [-0.25, -0.2) is 17.5 Å². The quantitative estimate of drug-likeness (QED) is 0.753. The molecule has 1 heterocycles. The maximum absolute atomic E-state index is 12.2. The number of nitrogens with zero attached hydrogens (tertiary/aromatic N) is 1. The van der Waals surface area contributed by atoms with Crippen LogP contribution < -0.4 is 5.32 Å². The molecule has 0 unspecified atom stereocenters. The molecule has 1 atom stereocenters. The Kier molecular flexibility index (Phi) is 5.60. The number of carbonyl (C=O) groups excluding carboxylic acids is 2. The van der Waals surface area contributed by atoms with E-state index in [1.165, 1.54) is 45.3 Å². The van der Waals surface area contributed by atoms with Crippen molar-refractivity contribution in [2.45, 2.75) is 17.9 Å². The second-order valence-electron chi connectivity index (χ2n) is 5.44. The number of amides is 1. The number of aromatic nitrogens is 1. The molecular formula is C16H19N3O5S. The van der Waals surface area contributed by atoms with Gasteiger partial charge in [0.1, 0.15) is 5.69 Å². The average molecular weight is 365 g/mol. The zero-order chi connectivity index (χ0) is 18.6. The number of carbonyl (C=O) groups is 2. The van der Waals surface area contributed by atoms with Gasteiger partial charge < -0.3 is 15.0 Å². The summed E-state index contributed by atoms with van der Waals surface area (Å²) in [6, 6.07) is 9.00. The molecule has 9 heteroatoms. The minimum Gasteiger partial charge on any atom is -0.448 e. The first-order valence-corrected chi connectivity index (χ1v) is 8.83. The average Bonchev–Trinajstić information content (AvgIpc) is 3.09. The van der Waals surface area contributed by atoms with Crippen molar-refractivity contribution in [1.29, 1.82) is 0 Å². The molecule has 134 valence electrons. The van der Waals surface area contributed by atoms with Crippen LogP contribution in [0.4, 0.5) is 5.69 Å². The number of H-pyrrole nitrogens is 1. The fraction of sp³-hybridized carbons (Fsp3) is 0.250. The van der Waals surface area contributed by atoms with Gasteiger partial charge >= 0.3 is 5.97 Å². The molecule has 0 fully saturated rings. The van der Waals surface area contributed by atoms with Gasteiger partial charge in [-0.05, 0) is 37.3 Å². The molecule has 1 aromatic carbocycles. The summed E-state index contributed by atoms with van der Waals surface area (Å²) >= 11 is 0. The van der Waals surface area contributed by atoms with Crippen LogP contribution in [-0.2, 0) is 19.6 Å². The number of hydrogen-bond acceptors (Lipinski definition) is 5. The number of hydrogen-bond donors (Lipinski definition) is 2. The Hall–Kier alpha value is -2.65. The number of esters is 1. The Labute approximate surface area is 145 Å². The van der Waals surface area contributed by atoms with Gasteiger partial charge in [-0.2, -0.15) is 0 Å². The van der Waals surface area contributed by atoms with E-state index in [4.69, 9.17) is 4.74 Å². The smallest absolute Gasteiger partial charge is 0.355 e. The molecule has 0 bridgehead atoms. The molecule has 8 nitrogen and oxygen atoms in total. The van der Waals surface area contributed by atoms with Gasteiger partial charge in [0.2, 0.25) is 10.0 Å². The second-order valence-corrected chi connectivity index (χ2v) is 7.59. The van der Waals surface area contributed by atoms with Crippen molar-refractivity contribution in [1.82, 2.24) is 9.29 Å². The van der Waals surface area contributed by atoms with Gasteiger partial charge in [0.05, 0.1) is 4.90 Å². The van der Waals surface area contributed by atoms with Crippen LogP contribution in [0.1, 0.15) is 17.4 Å². The van der Waals surface area contributed by atoms with Crippen LogP contribution in [0, 0.1) is 0 Å². The first-order chi connectivity index (χ1) is 11.7. The van der Waals surface area contributed by atoms with Crippen LogP contribution in [0.25, 0.3) is 0 Å². The first kappa shape index (κ1) is 18.7. The Morgan fingerprint density at radius 3 is 2.52 bits per heavy atom. The van der Waals surface area contributed by atoms with Crippen molar-refractivity contribution in [3.05, 3.63) is 48.3 Å². The summed E-state index contributed by atoms with van der Waals surface area (Å²) in [6.45, 7) is 1.43. The van der Waals surface area contributed by atoms with Gasteiger partial charge in [-0.15, -0.1) is 0 Å². The van der Waals surface area contributed by atoms with Gasteiger partial charge in [0, 0.05) is 26.0 Å². The molecule has 1 amide bonds. The lowest BCUT2D eigenvalue weighted by Crippen LogP contribution is -2.30. The van der Waals surface area contributed by atoms with Gasteiger partial charge in [0.25, 0.3) is 5.91 Å². The van der Waals surface area contributed by atoms with Crippen molar-refractivity contribution < 1.29 is 22.7 Å². The summed E-state index contributed by atoms with van der Waals surface area (Å²) in [5, 5.41) is 2.53. The minimum absolute atomic E-state index is 0.0475. The van der Waals surface area contributed by atoms with Crippen molar-refractivity contribution in [2.24, 2.45) is 0 Å². The van der Waals surface area contributed by atoms with E-state index in [1.807, 2.05) is 0 Å². The van der Waals surface area contributed by atoms with Gasteiger partial charge in [-0.3, -0.25) is 4.79 Å². The number of benzene rings is 1. The number of aromatic amines is 1. The summed E-state index contributed by atoms with van der Waals surface area (Å²) in [7, 11) is -0.773. The summed E-state index contributed by atoms with van der Waals surface area (Å²) in [4.78, 5) is 26.7. The lowest BCUT2D eigenvalue weighted by molar-refractivity contribution is -0.123. The second kappa shape index (κ2) is 7.49. The number of rotatable bonds is 6. The topological polar surface area (TPSA) is 109 Å².